The molecule has 1 aromatic rings. The van der Waals surface area contributed by atoms with Crippen LogP contribution < -0.4 is 0 Å². The maximum absolute atomic E-state index is 9.94. The lowest BCUT2D eigenvalue weighted by atomic mass is 9.95. The Morgan fingerprint density at radius 2 is 2.08 bits per heavy atom. The van der Waals surface area contributed by atoms with E-state index in [1.54, 1.807) is 13.8 Å². The fourth-order valence-electron chi connectivity index (χ4n) is 1.26. The van der Waals surface area contributed by atoms with Gasteiger partial charge in [0.05, 0.1) is 0 Å². The molecular weight excluding hydrogens is 160 g/mol. The van der Waals surface area contributed by atoms with Gasteiger partial charge in [0, 0.05) is 0 Å². The van der Waals surface area contributed by atoms with Gasteiger partial charge in [-0.2, -0.15) is 0 Å². The second-order valence-electron chi connectivity index (χ2n) is 3.32. The molecule has 1 atom stereocenters. The summed E-state index contributed by atoms with van der Waals surface area (Å²) in [6.07, 6.45) is 0. The van der Waals surface area contributed by atoms with E-state index in [2.05, 4.69) is 11.8 Å². The number of benzene rings is 1. The first-order valence-electron chi connectivity index (χ1n) is 4.29. The number of aliphatic hydroxyl groups is 1. The maximum atomic E-state index is 9.94. The molecule has 0 heterocycles. The normalized spacial score (nSPS) is 14.2. The average molecular weight is 174 g/mol. The van der Waals surface area contributed by atoms with Crippen LogP contribution in [0.4, 0.5) is 0 Å². The zero-order chi connectivity index (χ0) is 9.90. The summed E-state index contributed by atoms with van der Waals surface area (Å²) in [4.78, 5) is 0. The summed E-state index contributed by atoms with van der Waals surface area (Å²) >= 11 is 0. The Hall–Kier alpha value is -1.26. The summed E-state index contributed by atoms with van der Waals surface area (Å²) in [5.41, 5.74) is 0.957. The summed E-state index contributed by atoms with van der Waals surface area (Å²) < 4.78 is 0. The lowest BCUT2D eigenvalue weighted by Crippen LogP contribution is -2.18. The van der Waals surface area contributed by atoms with Crippen LogP contribution in [-0.4, -0.2) is 5.11 Å². The van der Waals surface area contributed by atoms with Crippen molar-refractivity contribution in [3.8, 4) is 11.8 Å². The Balaban J connectivity index is 3.12. The van der Waals surface area contributed by atoms with Crippen LogP contribution >= 0.6 is 0 Å². The van der Waals surface area contributed by atoms with E-state index in [4.69, 9.17) is 0 Å². The lowest BCUT2D eigenvalue weighted by molar-refractivity contribution is 0.122. The van der Waals surface area contributed by atoms with E-state index < -0.39 is 5.60 Å². The topological polar surface area (TPSA) is 20.2 Å². The Bertz CT molecular complexity index is 353. The van der Waals surface area contributed by atoms with Gasteiger partial charge in [-0.25, -0.2) is 0 Å². The van der Waals surface area contributed by atoms with Crippen molar-refractivity contribution < 1.29 is 5.11 Å². The van der Waals surface area contributed by atoms with E-state index in [1.807, 2.05) is 31.2 Å². The highest BCUT2D eigenvalue weighted by molar-refractivity contribution is 5.33. The van der Waals surface area contributed by atoms with Gasteiger partial charge in [-0.1, -0.05) is 35.7 Å². The minimum atomic E-state index is -1.03. The van der Waals surface area contributed by atoms with Crippen LogP contribution in [0.1, 0.15) is 25.0 Å². The zero-order valence-electron chi connectivity index (χ0n) is 8.26. The van der Waals surface area contributed by atoms with Gasteiger partial charge in [0.1, 0.15) is 5.60 Å². The molecule has 0 bridgehead atoms. The minimum absolute atomic E-state index is 0.849. The second-order valence-corrected chi connectivity index (χ2v) is 3.32. The van der Waals surface area contributed by atoms with Gasteiger partial charge >= 0.3 is 0 Å². The van der Waals surface area contributed by atoms with E-state index in [1.165, 1.54) is 0 Å². The molecule has 1 nitrogen and oxygen atoms in total. The Labute approximate surface area is 79.4 Å². The third kappa shape index (κ3) is 2.34. The predicted molar refractivity (Wildman–Crippen MR) is 54.2 cm³/mol. The average Bonchev–Trinajstić information content (AvgIpc) is 2.04. The van der Waals surface area contributed by atoms with Gasteiger partial charge in [0.2, 0.25) is 0 Å². The summed E-state index contributed by atoms with van der Waals surface area (Å²) in [6.45, 7) is 5.43. The van der Waals surface area contributed by atoms with Crippen LogP contribution in [0.2, 0.25) is 0 Å². The molecule has 1 unspecified atom stereocenters. The van der Waals surface area contributed by atoms with Crippen LogP contribution in [-0.2, 0) is 5.60 Å². The molecule has 0 spiro atoms. The van der Waals surface area contributed by atoms with Crippen LogP contribution in [0, 0.1) is 18.8 Å². The first kappa shape index (κ1) is 9.83. The molecule has 1 aromatic carbocycles. The van der Waals surface area contributed by atoms with Crippen LogP contribution in [0.3, 0.4) is 0 Å². The fraction of sp³-hybridized carbons (Fsp3) is 0.333. The molecule has 0 aromatic heterocycles. The van der Waals surface area contributed by atoms with Gasteiger partial charge in [-0.05, 0) is 26.3 Å². The molecule has 13 heavy (non-hydrogen) atoms. The predicted octanol–water partition coefficient (Wildman–Crippen LogP) is 2.23. The third-order valence-electron chi connectivity index (χ3n) is 1.95. The van der Waals surface area contributed by atoms with Gasteiger partial charge in [-0.3, -0.25) is 0 Å². The van der Waals surface area contributed by atoms with Crippen LogP contribution in [0.25, 0.3) is 0 Å². The van der Waals surface area contributed by atoms with Crippen molar-refractivity contribution in [3.63, 3.8) is 0 Å². The van der Waals surface area contributed by atoms with Crippen LogP contribution in [0.15, 0.2) is 24.3 Å². The molecule has 0 fully saturated rings. The van der Waals surface area contributed by atoms with Crippen molar-refractivity contribution in [2.24, 2.45) is 0 Å². The molecule has 0 aliphatic heterocycles. The van der Waals surface area contributed by atoms with Gasteiger partial charge in [0.25, 0.3) is 0 Å². The second kappa shape index (κ2) is 3.64. The van der Waals surface area contributed by atoms with Gasteiger partial charge in [0.15, 0.2) is 0 Å². The van der Waals surface area contributed by atoms with E-state index in [0.29, 0.717) is 0 Å². The van der Waals surface area contributed by atoms with Crippen molar-refractivity contribution in [3.05, 3.63) is 35.4 Å². The van der Waals surface area contributed by atoms with Crippen molar-refractivity contribution in [2.45, 2.75) is 26.4 Å². The largest absolute Gasteiger partial charge is 0.374 e. The van der Waals surface area contributed by atoms with E-state index in [0.717, 1.165) is 11.1 Å². The molecule has 0 amide bonds. The van der Waals surface area contributed by atoms with Crippen LogP contribution in [0.5, 0.6) is 0 Å². The lowest BCUT2D eigenvalue weighted by Gasteiger charge is -2.17. The summed E-state index contributed by atoms with van der Waals surface area (Å²) in [7, 11) is 0. The Morgan fingerprint density at radius 1 is 1.38 bits per heavy atom. The SMILES string of the molecule is CC#CC(C)(O)c1cccc(C)c1. The molecule has 0 aliphatic rings. The molecule has 68 valence electrons. The number of hydrogen-bond acceptors (Lipinski definition) is 1. The van der Waals surface area contributed by atoms with E-state index >= 15 is 0 Å². The van der Waals surface area contributed by atoms with Crippen molar-refractivity contribution in [1.29, 1.82) is 0 Å². The molecule has 0 radical (unpaired) electrons. The fourth-order valence-corrected chi connectivity index (χ4v) is 1.26. The smallest absolute Gasteiger partial charge is 0.148 e. The number of hydrogen-bond donors (Lipinski definition) is 1. The first-order chi connectivity index (χ1) is 6.06. The summed E-state index contributed by atoms with van der Waals surface area (Å²) in [5.74, 6) is 5.50. The molecule has 1 heteroatoms. The quantitative estimate of drug-likeness (QED) is 0.647. The highest BCUT2D eigenvalue weighted by Gasteiger charge is 2.19. The Morgan fingerprint density at radius 3 is 2.62 bits per heavy atom. The van der Waals surface area contributed by atoms with E-state index in [-0.39, 0.29) is 0 Å². The molecule has 1 rings (SSSR count). The highest BCUT2D eigenvalue weighted by Crippen LogP contribution is 2.20. The number of rotatable bonds is 1. The van der Waals surface area contributed by atoms with Crippen molar-refractivity contribution in [2.75, 3.05) is 0 Å². The molecule has 0 saturated heterocycles. The molecular formula is C12H14O. The maximum Gasteiger partial charge on any atom is 0.148 e. The van der Waals surface area contributed by atoms with Crippen molar-refractivity contribution in [1.82, 2.24) is 0 Å². The first-order valence-corrected chi connectivity index (χ1v) is 4.29. The molecule has 0 saturated carbocycles. The Kier molecular flexibility index (Phi) is 2.75. The highest BCUT2D eigenvalue weighted by atomic mass is 16.3. The summed E-state index contributed by atoms with van der Waals surface area (Å²) in [5, 5.41) is 9.94. The zero-order valence-corrected chi connectivity index (χ0v) is 8.26. The van der Waals surface area contributed by atoms with Gasteiger partial charge < -0.3 is 5.11 Å². The summed E-state index contributed by atoms with van der Waals surface area (Å²) in [6, 6.07) is 7.76. The third-order valence-corrected chi connectivity index (χ3v) is 1.95. The standard InChI is InChI=1S/C12H14O/c1-4-8-12(3,13)11-7-5-6-10(2)9-11/h5-7,9,13H,1-3H3. The van der Waals surface area contributed by atoms with Gasteiger partial charge in [-0.15, -0.1) is 5.92 Å². The van der Waals surface area contributed by atoms with E-state index in [9.17, 15) is 5.11 Å². The minimum Gasteiger partial charge on any atom is -0.374 e. The number of aryl methyl sites for hydroxylation is 1. The van der Waals surface area contributed by atoms with Crippen molar-refractivity contribution >= 4 is 0 Å². The monoisotopic (exact) mass is 174 g/mol. The molecule has 1 N–H and O–H groups in total. The molecule has 0 aliphatic carbocycles.